The molecule has 9 nitrogen and oxygen atoms in total. The molecular weight excluding hydrogens is 368 g/mol. The van der Waals surface area contributed by atoms with Crippen molar-refractivity contribution in [2.24, 2.45) is 17.9 Å². The summed E-state index contributed by atoms with van der Waals surface area (Å²) >= 11 is 0. The number of aryl methyl sites for hydroxylation is 2. The lowest BCUT2D eigenvalue weighted by Crippen LogP contribution is -2.36. The van der Waals surface area contributed by atoms with Gasteiger partial charge in [0.1, 0.15) is 12.2 Å². The smallest absolute Gasteiger partial charge is 0.236 e. The van der Waals surface area contributed by atoms with Gasteiger partial charge in [0.15, 0.2) is 0 Å². The van der Waals surface area contributed by atoms with Crippen molar-refractivity contribution in [3.8, 4) is 6.07 Å². The second-order valence-corrected chi connectivity index (χ2v) is 8.79. The molecule has 2 aromatic rings. The zero-order valence-corrected chi connectivity index (χ0v) is 17.3. The fourth-order valence-corrected chi connectivity index (χ4v) is 4.59. The molecule has 1 amide bonds. The van der Waals surface area contributed by atoms with E-state index in [-0.39, 0.29) is 23.2 Å². The molecule has 2 fully saturated rings. The SMILES string of the molecule is Cc1cnc(Nc2cnn(C)c2)nc1N1C[C@]2(C)CN(C(=O)CC#N)C[C@]2(C)C1. The van der Waals surface area contributed by atoms with Crippen LogP contribution in [0.5, 0.6) is 0 Å². The van der Waals surface area contributed by atoms with E-state index in [1.165, 1.54) is 0 Å². The fraction of sp³-hybridized carbons (Fsp3) is 0.550. The van der Waals surface area contributed by atoms with E-state index >= 15 is 0 Å². The Morgan fingerprint density at radius 3 is 2.52 bits per heavy atom. The molecule has 4 heterocycles. The Morgan fingerprint density at radius 1 is 1.24 bits per heavy atom. The number of rotatable bonds is 4. The lowest BCUT2D eigenvalue weighted by atomic mass is 9.71. The number of anilines is 3. The van der Waals surface area contributed by atoms with Gasteiger partial charge in [0.25, 0.3) is 0 Å². The summed E-state index contributed by atoms with van der Waals surface area (Å²) in [5.74, 6) is 1.38. The summed E-state index contributed by atoms with van der Waals surface area (Å²) in [6.45, 7) is 9.45. The molecule has 0 aromatic carbocycles. The van der Waals surface area contributed by atoms with Crippen LogP contribution in [0.3, 0.4) is 0 Å². The molecule has 0 aliphatic carbocycles. The van der Waals surface area contributed by atoms with Crippen molar-refractivity contribution in [1.29, 1.82) is 5.26 Å². The number of aromatic nitrogens is 4. The average Bonchev–Trinajstić information content (AvgIpc) is 3.24. The van der Waals surface area contributed by atoms with Gasteiger partial charge in [-0.3, -0.25) is 9.48 Å². The molecule has 0 bridgehead atoms. The van der Waals surface area contributed by atoms with Gasteiger partial charge in [-0.05, 0) is 6.92 Å². The zero-order valence-electron chi connectivity index (χ0n) is 17.3. The van der Waals surface area contributed by atoms with Gasteiger partial charge in [0.05, 0.1) is 18.0 Å². The van der Waals surface area contributed by atoms with Gasteiger partial charge >= 0.3 is 0 Å². The van der Waals surface area contributed by atoms with Crippen LogP contribution in [0, 0.1) is 29.1 Å². The molecule has 0 saturated carbocycles. The number of hydrogen-bond acceptors (Lipinski definition) is 7. The molecule has 0 radical (unpaired) electrons. The summed E-state index contributed by atoms with van der Waals surface area (Å²) in [4.78, 5) is 25.6. The molecule has 2 saturated heterocycles. The highest BCUT2D eigenvalue weighted by molar-refractivity contribution is 5.79. The number of nitriles is 1. The van der Waals surface area contributed by atoms with E-state index in [9.17, 15) is 4.79 Å². The predicted molar refractivity (Wildman–Crippen MR) is 108 cm³/mol. The monoisotopic (exact) mass is 394 g/mol. The number of fused-ring (bicyclic) bond motifs is 1. The van der Waals surface area contributed by atoms with Crippen molar-refractivity contribution in [2.75, 3.05) is 36.4 Å². The summed E-state index contributed by atoms with van der Waals surface area (Å²) in [6.07, 6.45) is 5.39. The number of likely N-dealkylation sites (tertiary alicyclic amines) is 1. The Kier molecular flexibility index (Phi) is 4.45. The minimum Gasteiger partial charge on any atom is -0.355 e. The molecule has 2 aromatic heterocycles. The Balaban J connectivity index is 1.54. The lowest BCUT2D eigenvalue weighted by Gasteiger charge is -2.29. The number of nitrogens with one attached hydrogen (secondary N) is 1. The van der Waals surface area contributed by atoms with Crippen LogP contribution in [-0.2, 0) is 11.8 Å². The van der Waals surface area contributed by atoms with E-state index in [4.69, 9.17) is 10.2 Å². The van der Waals surface area contributed by atoms with E-state index in [1.807, 2.05) is 37.3 Å². The number of hydrogen-bond donors (Lipinski definition) is 1. The Morgan fingerprint density at radius 2 is 1.93 bits per heavy atom. The van der Waals surface area contributed by atoms with Gasteiger partial charge in [0.2, 0.25) is 11.9 Å². The maximum absolute atomic E-state index is 12.2. The van der Waals surface area contributed by atoms with Crippen molar-refractivity contribution in [3.05, 3.63) is 24.2 Å². The van der Waals surface area contributed by atoms with Crippen LogP contribution in [0.15, 0.2) is 18.6 Å². The second-order valence-electron chi connectivity index (χ2n) is 8.79. The molecule has 2 atom stereocenters. The van der Waals surface area contributed by atoms with Crippen molar-refractivity contribution < 1.29 is 4.79 Å². The van der Waals surface area contributed by atoms with E-state index in [0.717, 1.165) is 30.2 Å². The molecule has 29 heavy (non-hydrogen) atoms. The first-order valence-electron chi connectivity index (χ1n) is 9.72. The number of carbonyl (C=O) groups is 1. The van der Waals surface area contributed by atoms with Crippen LogP contribution in [0.2, 0.25) is 0 Å². The summed E-state index contributed by atoms with van der Waals surface area (Å²) in [6, 6.07) is 1.97. The first-order valence-corrected chi connectivity index (χ1v) is 9.72. The van der Waals surface area contributed by atoms with E-state index in [1.54, 1.807) is 10.9 Å². The minimum absolute atomic E-state index is 0.0492. The van der Waals surface area contributed by atoms with Crippen molar-refractivity contribution in [2.45, 2.75) is 27.2 Å². The van der Waals surface area contributed by atoms with Crippen LogP contribution in [0.1, 0.15) is 25.8 Å². The third-order valence-corrected chi connectivity index (χ3v) is 6.40. The van der Waals surface area contributed by atoms with Gasteiger partial charge in [-0.2, -0.15) is 15.3 Å². The van der Waals surface area contributed by atoms with Gasteiger partial charge in [-0.15, -0.1) is 0 Å². The third-order valence-electron chi connectivity index (χ3n) is 6.40. The maximum Gasteiger partial charge on any atom is 0.236 e. The van der Waals surface area contributed by atoms with Crippen LogP contribution >= 0.6 is 0 Å². The minimum atomic E-state index is -0.0722. The molecular formula is C20H26N8O. The summed E-state index contributed by atoms with van der Waals surface area (Å²) < 4.78 is 1.72. The van der Waals surface area contributed by atoms with Crippen molar-refractivity contribution >= 4 is 23.4 Å². The van der Waals surface area contributed by atoms with Crippen LogP contribution in [-0.4, -0.2) is 56.7 Å². The summed E-state index contributed by atoms with van der Waals surface area (Å²) in [5.41, 5.74) is 1.76. The third kappa shape index (κ3) is 3.28. The Bertz CT molecular complexity index is 975. The van der Waals surface area contributed by atoms with Gasteiger partial charge in [0, 0.05) is 62.0 Å². The van der Waals surface area contributed by atoms with E-state index in [2.05, 4.69) is 34.1 Å². The van der Waals surface area contributed by atoms with Crippen LogP contribution in [0.25, 0.3) is 0 Å². The van der Waals surface area contributed by atoms with Gasteiger partial charge < -0.3 is 15.1 Å². The highest BCUT2D eigenvalue weighted by Gasteiger charge is 2.58. The van der Waals surface area contributed by atoms with Gasteiger partial charge in [-0.1, -0.05) is 13.8 Å². The van der Waals surface area contributed by atoms with Crippen LogP contribution < -0.4 is 10.2 Å². The molecule has 0 spiro atoms. The van der Waals surface area contributed by atoms with Crippen LogP contribution in [0.4, 0.5) is 17.5 Å². The van der Waals surface area contributed by atoms with E-state index < -0.39 is 0 Å². The van der Waals surface area contributed by atoms with Crippen molar-refractivity contribution in [3.63, 3.8) is 0 Å². The highest BCUT2D eigenvalue weighted by atomic mass is 16.2. The highest BCUT2D eigenvalue weighted by Crippen LogP contribution is 2.52. The van der Waals surface area contributed by atoms with Crippen molar-refractivity contribution in [1.82, 2.24) is 24.6 Å². The first kappa shape index (κ1) is 19.2. The number of carbonyl (C=O) groups excluding carboxylic acids is 1. The normalized spacial score (nSPS) is 25.8. The number of amides is 1. The molecule has 1 N–H and O–H groups in total. The zero-order chi connectivity index (χ0) is 20.8. The quantitative estimate of drug-likeness (QED) is 0.844. The van der Waals surface area contributed by atoms with E-state index in [0.29, 0.717) is 19.0 Å². The molecule has 152 valence electrons. The Hall–Kier alpha value is -3.15. The first-order chi connectivity index (χ1) is 13.7. The number of nitrogens with zero attached hydrogens (tertiary/aromatic N) is 7. The largest absolute Gasteiger partial charge is 0.355 e. The van der Waals surface area contributed by atoms with Gasteiger partial charge in [-0.25, -0.2) is 4.98 Å². The summed E-state index contributed by atoms with van der Waals surface area (Å²) in [7, 11) is 1.86. The maximum atomic E-state index is 12.2. The molecule has 2 aliphatic heterocycles. The molecule has 0 unspecified atom stereocenters. The topological polar surface area (TPSA) is 103 Å². The molecule has 2 aliphatic rings. The molecule has 9 heteroatoms. The fourth-order valence-electron chi connectivity index (χ4n) is 4.59. The summed E-state index contributed by atoms with van der Waals surface area (Å²) in [5, 5.41) is 16.2. The standard InChI is InChI=1S/C20H26N8O/c1-14-7-22-18(24-15-8-23-26(4)9-15)25-17(14)28-12-19(2)10-27(16(29)5-6-21)11-20(19,3)13-28/h7-9H,5,10-13H2,1-4H3,(H,22,24,25)/t19-,20+. The average molecular weight is 394 g/mol. The lowest BCUT2D eigenvalue weighted by molar-refractivity contribution is -0.129. The Labute approximate surface area is 170 Å². The predicted octanol–water partition coefficient (Wildman–Crippen LogP) is 1.85. The molecule has 4 rings (SSSR count). The second kappa shape index (κ2) is 6.72.